The lowest BCUT2D eigenvalue weighted by Crippen LogP contribution is -2.53. The number of hydrogen-bond donors (Lipinski definition) is 0. The zero-order chi connectivity index (χ0) is 24.9. The monoisotopic (exact) mass is 498 g/mol. The van der Waals surface area contributed by atoms with Crippen LogP contribution in [0.25, 0.3) is 0 Å². The molecule has 1 aromatic rings. The molecule has 2 saturated carbocycles. The molecule has 34 heavy (non-hydrogen) atoms. The molecular formula is C25H30F8O. The highest BCUT2D eigenvalue weighted by Crippen LogP contribution is 2.55. The SMILES string of the molecule is CCCC1CCC(C2CCC(c3cc(F)c4c(c3)C(F)(F)OC(C(F)(F)F)C4(F)F)CC2)CC1. The van der Waals surface area contributed by atoms with Gasteiger partial charge in [0.25, 0.3) is 0 Å². The van der Waals surface area contributed by atoms with Gasteiger partial charge in [-0.1, -0.05) is 32.6 Å². The van der Waals surface area contributed by atoms with E-state index in [1.807, 2.05) is 0 Å². The Kier molecular flexibility index (Phi) is 6.99. The molecule has 0 saturated heterocycles. The number of hydrogen-bond acceptors (Lipinski definition) is 1. The first-order valence-corrected chi connectivity index (χ1v) is 12.2. The van der Waals surface area contributed by atoms with Gasteiger partial charge in [-0.15, -0.1) is 0 Å². The minimum atomic E-state index is -5.79. The van der Waals surface area contributed by atoms with E-state index in [4.69, 9.17) is 0 Å². The zero-order valence-electron chi connectivity index (χ0n) is 19.0. The first kappa shape index (κ1) is 25.7. The summed E-state index contributed by atoms with van der Waals surface area (Å²) in [6, 6.07) is 1.43. The van der Waals surface area contributed by atoms with Gasteiger partial charge in [0.1, 0.15) is 5.82 Å². The van der Waals surface area contributed by atoms with Crippen molar-refractivity contribution in [2.45, 2.75) is 101 Å². The Morgan fingerprint density at radius 3 is 1.97 bits per heavy atom. The van der Waals surface area contributed by atoms with Crippen molar-refractivity contribution in [3.8, 4) is 0 Å². The maximum atomic E-state index is 14.7. The van der Waals surface area contributed by atoms with E-state index in [9.17, 15) is 35.1 Å². The number of halogens is 8. The molecule has 1 unspecified atom stereocenters. The molecule has 1 aromatic carbocycles. The standard InChI is InChI=1S/C25H30F8O/c1-2-3-14-4-6-15(7-5-14)16-8-10-17(11-9-16)18-12-19-21(20(26)13-18)23(27,28)22(24(29,30)31)34-25(19,32)33/h12-17,22H,2-11H2,1H3. The van der Waals surface area contributed by atoms with Gasteiger partial charge >= 0.3 is 18.2 Å². The van der Waals surface area contributed by atoms with Crippen molar-refractivity contribution in [1.29, 1.82) is 0 Å². The molecule has 2 fully saturated rings. The van der Waals surface area contributed by atoms with Crippen molar-refractivity contribution in [2.24, 2.45) is 17.8 Å². The molecule has 0 bridgehead atoms. The van der Waals surface area contributed by atoms with E-state index in [0.29, 0.717) is 30.7 Å². The van der Waals surface area contributed by atoms with Crippen LogP contribution in [-0.2, 0) is 16.8 Å². The van der Waals surface area contributed by atoms with Crippen LogP contribution in [0.3, 0.4) is 0 Å². The van der Waals surface area contributed by atoms with Crippen molar-refractivity contribution in [1.82, 2.24) is 0 Å². The van der Waals surface area contributed by atoms with E-state index in [2.05, 4.69) is 11.7 Å². The molecule has 0 spiro atoms. The van der Waals surface area contributed by atoms with Crippen molar-refractivity contribution >= 4 is 0 Å². The molecule has 0 radical (unpaired) electrons. The van der Waals surface area contributed by atoms with E-state index >= 15 is 0 Å². The molecule has 2 aliphatic carbocycles. The lowest BCUT2D eigenvalue weighted by molar-refractivity contribution is -0.387. The van der Waals surface area contributed by atoms with Crippen LogP contribution in [0, 0.1) is 23.6 Å². The summed E-state index contributed by atoms with van der Waals surface area (Å²) in [6.45, 7) is 2.19. The normalized spacial score (nSPS) is 33.4. The fourth-order valence-corrected chi connectivity index (χ4v) is 6.40. The van der Waals surface area contributed by atoms with Crippen molar-refractivity contribution < 1.29 is 39.9 Å². The Morgan fingerprint density at radius 2 is 1.44 bits per heavy atom. The molecule has 0 amide bonds. The number of fused-ring (bicyclic) bond motifs is 1. The Hall–Kier alpha value is -1.38. The second kappa shape index (κ2) is 9.25. The lowest BCUT2D eigenvalue weighted by Gasteiger charge is -2.40. The van der Waals surface area contributed by atoms with E-state index in [1.165, 1.54) is 38.5 Å². The van der Waals surface area contributed by atoms with Gasteiger partial charge in [0.05, 0.1) is 11.1 Å². The topological polar surface area (TPSA) is 9.23 Å². The molecule has 3 aliphatic rings. The highest BCUT2D eigenvalue weighted by Gasteiger charge is 2.67. The molecular weight excluding hydrogens is 468 g/mol. The molecule has 0 N–H and O–H groups in total. The zero-order valence-corrected chi connectivity index (χ0v) is 19.0. The Labute approximate surface area is 194 Å². The maximum Gasteiger partial charge on any atom is 0.421 e. The number of ether oxygens (including phenoxy) is 1. The fourth-order valence-electron chi connectivity index (χ4n) is 6.40. The highest BCUT2D eigenvalue weighted by atomic mass is 19.4. The van der Waals surface area contributed by atoms with Gasteiger partial charge in [0.15, 0.2) is 0 Å². The smallest absolute Gasteiger partial charge is 0.297 e. The molecule has 1 atom stereocenters. The minimum Gasteiger partial charge on any atom is -0.297 e. The predicted molar refractivity (Wildman–Crippen MR) is 110 cm³/mol. The third-order valence-electron chi connectivity index (χ3n) is 8.15. The molecule has 4 rings (SSSR count). The fraction of sp³-hybridized carbons (Fsp3) is 0.760. The van der Waals surface area contributed by atoms with Crippen LogP contribution in [-0.4, -0.2) is 12.3 Å². The van der Waals surface area contributed by atoms with Crippen molar-refractivity contribution in [3.63, 3.8) is 0 Å². The molecule has 192 valence electrons. The summed E-state index contributed by atoms with van der Waals surface area (Å²) < 4.78 is 115. The van der Waals surface area contributed by atoms with Crippen molar-refractivity contribution in [2.75, 3.05) is 0 Å². The van der Waals surface area contributed by atoms with Crippen molar-refractivity contribution in [3.05, 3.63) is 34.6 Å². The Morgan fingerprint density at radius 1 is 0.882 bits per heavy atom. The largest absolute Gasteiger partial charge is 0.421 e. The third-order valence-corrected chi connectivity index (χ3v) is 8.15. The average molecular weight is 498 g/mol. The summed E-state index contributed by atoms with van der Waals surface area (Å²) in [5, 5.41) is 0. The average Bonchev–Trinajstić information content (AvgIpc) is 2.76. The first-order chi connectivity index (χ1) is 15.8. The van der Waals surface area contributed by atoms with Crippen LogP contribution >= 0.6 is 0 Å². The summed E-state index contributed by atoms with van der Waals surface area (Å²) in [4.78, 5) is 0. The van der Waals surface area contributed by atoms with E-state index in [1.54, 1.807) is 0 Å². The van der Waals surface area contributed by atoms with Crippen LogP contribution in [0.2, 0.25) is 0 Å². The molecule has 1 heterocycles. The van der Waals surface area contributed by atoms with Crippen LogP contribution < -0.4 is 0 Å². The van der Waals surface area contributed by atoms with Crippen LogP contribution in [0.4, 0.5) is 35.1 Å². The second-order valence-electron chi connectivity index (χ2n) is 10.3. The summed E-state index contributed by atoms with van der Waals surface area (Å²) >= 11 is 0. The lowest BCUT2D eigenvalue weighted by atomic mass is 9.68. The molecule has 0 aromatic heterocycles. The van der Waals surface area contributed by atoms with Crippen LogP contribution in [0.15, 0.2) is 12.1 Å². The number of alkyl halides is 7. The predicted octanol–water partition coefficient (Wildman–Crippen LogP) is 8.81. The van der Waals surface area contributed by atoms with Gasteiger partial charge in [0, 0.05) is 0 Å². The summed E-state index contributed by atoms with van der Waals surface area (Å²) in [7, 11) is 0. The van der Waals surface area contributed by atoms with Gasteiger partial charge in [-0.2, -0.15) is 30.7 Å². The number of benzene rings is 1. The number of rotatable bonds is 4. The van der Waals surface area contributed by atoms with Gasteiger partial charge in [-0.05, 0) is 79.9 Å². The van der Waals surface area contributed by atoms with Gasteiger partial charge in [-0.25, -0.2) is 4.39 Å². The van der Waals surface area contributed by atoms with Gasteiger partial charge < -0.3 is 0 Å². The minimum absolute atomic E-state index is 0.117. The Balaban J connectivity index is 1.50. The maximum absolute atomic E-state index is 14.7. The second-order valence-corrected chi connectivity index (χ2v) is 10.3. The van der Waals surface area contributed by atoms with E-state index < -0.39 is 41.3 Å². The summed E-state index contributed by atoms with van der Waals surface area (Å²) in [6.07, 6.45) is -4.48. The first-order valence-electron chi connectivity index (χ1n) is 12.2. The third kappa shape index (κ3) is 4.82. The molecule has 1 aliphatic heterocycles. The molecule has 1 nitrogen and oxygen atoms in total. The van der Waals surface area contributed by atoms with Gasteiger partial charge in [-0.3, -0.25) is 4.74 Å². The summed E-state index contributed by atoms with van der Waals surface area (Å²) in [5.74, 6) is -5.11. The highest BCUT2D eigenvalue weighted by molar-refractivity contribution is 5.42. The quantitative estimate of drug-likeness (QED) is 0.377. The van der Waals surface area contributed by atoms with E-state index in [0.717, 1.165) is 24.8 Å². The van der Waals surface area contributed by atoms with Crippen LogP contribution in [0.5, 0.6) is 0 Å². The van der Waals surface area contributed by atoms with E-state index in [-0.39, 0.29) is 11.5 Å². The van der Waals surface area contributed by atoms with Crippen LogP contribution in [0.1, 0.15) is 93.7 Å². The molecule has 9 heteroatoms. The summed E-state index contributed by atoms with van der Waals surface area (Å²) in [5.41, 5.74) is -3.32. The Bertz CT molecular complexity index is 864. The van der Waals surface area contributed by atoms with Gasteiger partial charge in [0.2, 0.25) is 6.10 Å².